The molecule has 0 aliphatic carbocycles. The lowest BCUT2D eigenvalue weighted by molar-refractivity contribution is -0.114. The topological polar surface area (TPSA) is 61.4 Å². The van der Waals surface area contributed by atoms with Crippen molar-refractivity contribution in [1.82, 2.24) is 0 Å². The Morgan fingerprint density at radius 1 is 1.14 bits per heavy atom. The SMILES string of the molecule is CC(=O)Nc1cc(NC(C)c2ccc(O)cc2)ccc1C. The van der Waals surface area contributed by atoms with Crippen molar-refractivity contribution in [2.45, 2.75) is 26.8 Å². The van der Waals surface area contributed by atoms with Gasteiger partial charge in [-0.15, -0.1) is 0 Å². The van der Waals surface area contributed by atoms with E-state index in [2.05, 4.69) is 10.6 Å². The molecule has 0 fully saturated rings. The van der Waals surface area contributed by atoms with E-state index in [9.17, 15) is 9.90 Å². The lowest BCUT2D eigenvalue weighted by atomic mass is 10.1. The number of nitrogens with one attached hydrogen (secondary N) is 2. The fourth-order valence-corrected chi connectivity index (χ4v) is 2.13. The highest BCUT2D eigenvalue weighted by Gasteiger charge is 2.07. The molecule has 0 saturated heterocycles. The molecular formula is C17H20N2O2. The number of phenolic OH excluding ortho intramolecular Hbond substituents is 1. The highest BCUT2D eigenvalue weighted by molar-refractivity contribution is 5.90. The molecule has 0 spiro atoms. The standard InChI is InChI=1S/C17H20N2O2/c1-11-4-7-15(10-17(11)19-13(3)20)18-12(2)14-5-8-16(21)9-6-14/h4-10,12,18,21H,1-3H3,(H,19,20). The summed E-state index contributed by atoms with van der Waals surface area (Å²) >= 11 is 0. The average Bonchev–Trinajstić information content (AvgIpc) is 2.42. The van der Waals surface area contributed by atoms with Gasteiger partial charge in [0.05, 0.1) is 0 Å². The van der Waals surface area contributed by atoms with Crippen molar-refractivity contribution < 1.29 is 9.90 Å². The predicted octanol–water partition coefficient (Wildman–Crippen LogP) is 3.83. The first-order chi connectivity index (χ1) is 9.95. The lowest BCUT2D eigenvalue weighted by Gasteiger charge is -2.17. The molecule has 2 aromatic rings. The summed E-state index contributed by atoms with van der Waals surface area (Å²) in [5.41, 5.74) is 3.85. The highest BCUT2D eigenvalue weighted by atomic mass is 16.3. The summed E-state index contributed by atoms with van der Waals surface area (Å²) in [6, 6.07) is 13.1. The highest BCUT2D eigenvalue weighted by Crippen LogP contribution is 2.25. The van der Waals surface area contributed by atoms with Crippen molar-refractivity contribution in [3.05, 3.63) is 53.6 Å². The number of hydrogen-bond donors (Lipinski definition) is 3. The van der Waals surface area contributed by atoms with E-state index in [0.29, 0.717) is 0 Å². The molecule has 3 N–H and O–H groups in total. The Morgan fingerprint density at radius 3 is 2.43 bits per heavy atom. The maximum absolute atomic E-state index is 11.2. The maximum atomic E-state index is 11.2. The van der Waals surface area contributed by atoms with Crippen LogP contribution in [0.1, 0.15) is 31.0 Å². The Morgan fingerprint density at radius 2 is 1.81 bits per heavy atom. The molecule has 21 heavy (non-hydrogen) atoms. The van der Waals surface area contributed by atoms with Crippen molar-refractivity contribution in [2.24, 2.45) is 0 Å². The zero-order valence-electron chi connectivity index (χ0n) is 12.5. The second kappa shape index (κ2) is 6.31. The van der Waals surface area contributed by atoms with E-state index in [1.807, 2.05) is 44.2 Å². The minimum Gasteiger partial charge on any atom is -0.508 e. The summed E-state index contributed by atoms with van der Waals surface area (Å²) in [5, 5.41) is 15.5. The van der Waals surface area contributed by atoms with Crippen LogP contribution in [0, 0.1) is 6.92 Å². The smallest absolute Gasteiger partial charge is 0.221 e. The summed E-state index contributed by atoms with van der Waals surface area (Å²) in [7, 11) is 0. The Kier molecular flexibility index (Phi) is 4.48. The third-order valence-corrected chi connectivity index (χ3v) is 3.32. The number of aryl methyl sites for hydroxylation is 1. The van der Waals surface area contributed by atoms with Gasteiger partial charge in [0.25, 0.3) is 0 Å². The average molecular weight is 284 g/mol. The second-order valence-electron chi connectivity index (χ2n) is 5.17. The summed E-state index contributed by atoms with van der Waals surface area (Å²) in [6.45, 7) is 5.50. The van der Waals surface area contributed by atoms with Crippen LogP contribution < -0.4 is 10.6 Å². The van der Waals surface area contributed by atoms with Crippen LogP contribution in [-0.2, 0) is 4.79 Å². The minimum absolute atomic E-state index is 0.0816. The first kappa shape index (κ1) is 14.9. The zero-order valence-corrected chi connectivity index (χ0v) is 12.5. The second-order valence-corrected chi connectivity index (χ2v) is 5.17. The van der Waals surface area contributed by atoms with E-state index < -0.39 is 0 Å². The Bertz CT molecular complexity index is 636. The molecule has 0 saturated carbocycles. The number of rotatable bonds is 4. The molecule has 110 valence electrons. The van der Waals surface area contributed by atoms with Crippen LogP contribution >= 0.6 is 0 Å². The van der Waals surface area contributed by atoms with Gasteiger partial charge in [-0.25, -0.2) is 0 Å². The van der Waals surface area contributed by atoms with Crippen LogP contribution in [0.2, 0.25) is 0 Å². The number of amides is 1. The van der Waals surface area contributed by atoms with Gasteiger partial charge in [-0.1, -0.05) is 18.2 Å². The molecule has 1 amide bonds. The summed E-state index contributed by atoms with van der Waals surface area (Å²) in [5.74, 6) is 0.177. The number of anilines is 2. The van der Waals surface area contributed by atoms with Crippen LogP contribution in [0.25, 0.3) is 0 Å². The van der Waals surface area contributed by atoms with E-state index in [-0.39, 0.29) is 17.7 Å². The Hall–Kier alpha value is -2.49. The molecule has 0 aliphatic rings. The van der Waals surface area contributed by atoms with Crippen molar-refractivity contribution in [3.63, 3.8) is 0 Å². The van der Waals surface area contributed by atoms with Gasteiger partial charge in [0.1, 0.15) is 5.75 Å². The largest absolute Gasteiger partial charge is 0.508 e. The van der Waals surface area contributed by atoms with Crippen LogP contribution in [0.4, 0.5) is 11.4 Å². The van der Waals surface area contributed by atoms with E-state index in [0.717, 1.165) is 22.5 Å². The van der Waals surface area contributed by atoms with Crippen molar-refractivity contribution >= 4 is 17.3 Å². The molecule has 0 aliphatic heterocycles. The Labute approximate surface area is 124 Å². The molecular weight excluding hydrogens is 264 g/mol. The first-order valence-corrected chi connectivity index (χ1v) is 6.89. The van der Waals surface area contributed by atoms with Gasteiger partial charge in [0.15, 0.2) is 0 Å². The minimum atomic E-state index is -0.0816. The molecule has 0 heterocycles. The van der Waals surface area contributed by atoms with Gasteiger partial charge in [-0.05, 0) is 49.2 Å². The fourth-order valence-electron chi connectivity index (χ4n) is 2.13. The van der Waals surface area contributed by atoms with Gasteiger partial charge in [-0.3, -0.25) is 4.79 Å². The quantitative estimate of drug-likeness (QED) is 0.799. The number of hydrogen-bond acceptors (Lipinski definition) is 3. The number of carbonyl (C=O) groups is 1. The normalized spacial score (nSPS) is 11.8. The van der Waals surface area contributed by atoms with Gasteiger partial charge < -0.3 is 15.7 Å². The van der Waals surface area contributed by atoms with Gasteiger partial charge in [0, 0.05) is 24.3 Å². The number of carbonyl (C=O) groups excluding carboxylic acids is 1. The number of phenols is 1. The third-order valence-electron chi connectivity index (χ3n) is 3.32. The van der Waals surface area contributed by atoms with E-state index in [1.54, 1.807) is 12.1 Å². The summed E-state index contributed by atoms with van der Waals surface area (Å²) in [6.07, 6.45) is 0. The molecule has 4 heteroatoms. The maximum Gasteiger partial charge on any atom is 0.221 e. The first-order valence-electron chi connectivity index (χ1n) is 6.89. The Balaban J connectivity index is 2.15. The van der Waals surface area contributed by atoms with Gasteiger partial charge in [-0.2, -0.15) is 0 Å². The van der Waals surface area contributed by atoms with Crippen LogP contribution in [-0.4, -0.2) is 11.0 Å². The molecule has 1 unspecified atom stereocenters. The monoisotopic (exact) mass is 284 g/mol. The van der Waals surface area contributed by atoms with Crippen molar-refractivity contribution in [1.29, 1.82) is 0 Å². The molecule has 0 bridgehead atoms. The summed E-state index contributed by atoms with van der Waals surface area (Å²) in [4.78, 5) is 11.2. The van der Waals surface area contributed by atoms with Gasteiger partial charge in [0.2, 0.25) is 5.91 Å². The predicted molar refractivity (Wildman–Crippen MR) is 85.6 cm³/mol. The zero-order chi connectivity index (χ0) is 15.4. The third kappa shape index (κ3) is 3.99. The fraction of sp³-hybridized carbons (Fsp3) is 0.235. The number of aromatic hydroxyl groups is 1. The van der Waals surface area contributed by atoms with Crippen LogP contribution in [0.3, 0.4) is 0 Å². The van der Waals surface area contributed by atoms with Crippen molar-refractivity contribution in [2.75, 3.05) is 10.6 Å². The van der Waals surface area contributed by atoms with E-state index in [4.69, 9.17) is 0 Å². The van der Waals surface area contributed by atoms with Crippen LogP contribution in [0.5, 0.6) is 5.75 Å². The molecule has 4 nitrogen and oxygen atoms in total. The molecule has 0 radical (unpaired) electrons. The summed E-state index contributed by atoms with van der Waals surface area (Å²) < 4.78 is 0. The molecule has 1 atom stereocenters. The van der Waals surface area contributed by atoms with E-state index in [1.165, 1.54) is 6.92 Å². The number of benzene rings is 2. The van der Waals surface area contributed by atoms with Gasteiger partial charge >= 0.3 is 0 Å². The van der Waals surface area contributed by atoms with E-state index >= 15 is 0 Å². The van der Waals surface area contributed by atoms with Crippen LogP contribution in [0.15, 0.2) is 42.5 Å². The van der Waals surface area contributed by atoms with Crippen molar-refractivity contribution in [3.8, 4) is 5.75 Å². The molecule has 2 aromatic carbocycles. The molecule has 2 rings (SSSR count). The molecule has 0 aromatic heterocycles. The lowest BCUT2D eigenvalue weighted by Crippen LogP contribution is -2.09.